The minimum absolute atomic E-state index is 0.273. The molecule has 1 saturated heterocycles. The van der Waals surface area contributed by atoms with E-state index in [1.807, 2.05) is 0 Å². The van der Waals surface area contributed by atoms with Gasteiger partial charge >= 0.3 is 12.0 Å². The Kier molecular flexibility index (Phi) is 5.31. The second kappa shape index (κ2) is 7.20. The van der Waals surface area contributed by atoms with Gasteiger partial charge in [0, 0.05) is 32.7 Å². The number of aromatic nitrogens is 3. The molecular formula is C12H22N6O2. The highest BCUT2D eigenvalue weighted by Crippen LogP contribution is 2.17. The molecule has 0 aliphatic carbocycles. The van der Waals surface area contributed by atoms with Gasteiger partial charge in [0.05, 0.1) is 14.2 Å². The second-order valence-electron chi connectivity index (χ2n) is 4.58. The van der Waals surface area contributed by atoms with Gasteiger partial charge in [0.1, 0.15) is 0 Å². The third-order valence-corrected chi connectivity index (χ3v) is 3.26. The second-order valence-corrected chi connectivity index (χ2v) is 4.58. The smallest absolute Gasteiger partial charge is 0.324 e. The lowest BCUT2D eigenvalue weighted by molar-refractivity contribution is 0.301. The van der Waals surface area contributed by atoms with Gasteiger partial charge in [0.15, 0.2) is 0 Å². The number of nitrogens with two attached hydrogens (primary N) is 1. The van der Waals surface area contributed by atoms with Crippen molar-refractivity contribution in [1.82, 2.24) is 19.9 Å². The zero-order valence-electron chi connectivity index (χ0n) is 12.1. The average molecular weight is 282 g/mol. The molecule has 2 rings (SSSR count). The van der Waals surface area contributed by atoms with Crippen molar-refractivity contribution in [2.75, 3.05) is 58.4 Å². The maximum atomic E-state index is 5.61. The molecule has 20 heavy (non-hydrogen) atoms. The van der Waals surface area contributed by atoms with Crippen molar-refractivity contribution in [3.05, 3.63) is 0 Å². The highest BCUT2D eigenvalue weighted by atomic mass is 16.5. The Bertz CT molecular complexity index is 408. The Morgan fingerprint density at radius 1 is 1.00 bits per heavy atom. The molecule has 2 N–H and O–H groups in total. The van der Waals surface area contributed by atoms with Gasteiger partial charge in [-0.25, -0.2) is 0 Å². The van der Waals surface area contributed by atoms with Gasteiger partial charge in [-0.3, -0.25) is 0 Å². The SMILES string of the molecule is COc1nc(OC)nc(N2CCCN(CCN)CC2)n1. The third-order valence-electron chi connectivity index (χ3n) is 3.26. The number of hydrogen-bond donors (Lipinski definition) is 1. The van der Waals surface area contributed by atoms with Crippen molar-refractivity contribution in [3.8, 4) is 12.0 Å². The normalized spacial score (nSPS) is 16.9. The summed E-state index contributed by atoms with van der Waals surface area (Å²) in [7, 11) is 3.06. The molecule has 1 aliphatic heterocycles. The molecule has 112 valence electrons. The van der Waals surface area contributed by atoms with E-state index in [9.17, 15) is 0 Å². The number of rotatable bonds is 5. The molecule has 0 saturated carbocycles. The molecule has 0 unspecified atom stereocenters. The molecule has 0 radical (unpaired) electrons. The number of nitrogens with zero attached hydrogens (tertiary/aromatic N) is 5. The van der Waals surface area contributed by atoms with Gasteiger partial charge in [0.25, 0.3) is 0 Å². The molecule has 1 aromatic rings. The number of ether oxygens (including phenoxy) is 2. The summed E-state index contributed by atoms with van der Waals surface area (Å²) < 4.78 is 10.2. The molecule has 1 aliphatic rings. The van der Waals surface area contributed by atoms with E-state index in [1.165, 1.54) is 14.2 Å². The summed E-state index contributed by atoms with van der Waals surface area (Å²) in [5.74, 6) is 0.600. The van der Waals surface area contributed by atoms with Crippen LogP contribution in [0.25, 0.3) is 0 Å². The molecule has 2 heterocycles. The minimum atomic E-state index is 0.273. The van der Waals surface area contributed by atoms with Crippen LogP contribution in [0.2, 0.25) is 0 Å². The van der Waals surface area contributed by atoms with Gasteiger partial charge in [0.2, 0.25) is 5.95 Å². The van der Waals surface area contributed by atoms with Crippen LogP contribution in [0.4, 0.5) is 5.95 Å². The fourth-order valence-corrected chi connectivity index (χ4v) is 2.23. The van der Waals surface area contributed by atoms with Crippen LogP contribution in [0.15, 0.2) is 0 Å². The van der Waals surface area contributed by atoms with Gasteiger partial charge in [-0.1, -0.05) is 0 Å². The first-order valence-corrected chi connectivity index (χ1v) is 6.78. The Morgan fingerprint density at radius 3 is 2.30 bits per heavy atom. The van der Waals surface area contributed by atoms with Crippen molar-refractivity contribution < 1.29 is 9.47 Å². The fourth-order valence-electron chi connectivity index (χ4n) is 2.23. The first kappa shape index (κ1) is 14.7. The lowest BCUT2D eigenvalue weighted by atomic mass is 10.4. The molecule has 0 spiro atoms. The molecule has 0 aromatic carbocycles. The summed E-state index contributed by atoms with van der Waals surface area (Å²) in [5.41, 5.74) is 5.61. The van der Waals surface area contributed by atoms with Crippen LogP contribution >= 0.6 is 0 Å². The topological polar surface area (TPSA) is 89.6 Å². The van der Waals surface area contributed by atoms with E-state index in [1.54, 1.807) is 0 Å². The molecular weight excluding hydrogens is 260 g/mol. The van der Waals surface area contributed by atoms with E-state index < -0.39 is 0 Å². The Morgan fingerprint density at radius 2 is 1.70 bits per heavy atom. The summed E-state index contributed by atoms with van der Waals surface area (Å²) in [4.78, 5) is 17.1. The maximum Gasteiger partial charge on any atom is 0.324 e. The monoisotopic (exact) mass is 282 g/mol. The molecule has 8 heteroatoms. The third kappa shape index (κ3) is 3.67. The Labute approximate surface area is 118 Å². The van der Waals surface area contributed by atoms with Crippen LogP contribution in [0.5, 0.6) is 12.0 Å². The number of anilines is 1. The van der Waals surface area contributed by atoms with E-state index in [2.05, 4.69) is 24.8 Å². The van der Waals surface area contributed by atoms with Crippen molar-refractivity contribution in [2.24, 2.45) is 5.73 Å². The van der Waals surface area contributed by atoms with Crippen molar-refractivity contribution in [3.63, 3.8) is 0 Å². The van der Waals surface area contributed by atoms with Gasteiger partial charge in [-0.2, -0.15) is 9.97 Å². The van der Waals surface area contributed by atoms with E-state index in [0.717, 1.165) is 39.1 Å². The maximum absolute atomic E-state index is 5.61. The summed E-state index contributed by atoms with van der Waals surface area (Å²) >= 11 is 0. The van der Waals surface area contributed by atoms with Crippen LogP contribution in [0, 0.1) is 0 Å². The van der Waals surface area contributed by atoms with Crippen molar-refractivity contribution >= 4 is 5.95 Å². The van der Waals surface area contributed by atoms with Gasteiger partial charge in [-0.05, 0) is 13.0 Å². The average Bonchev–Trinajstić information content (AvgIpc) is 2.73. The standard InChI is InChI=1S/C12H22N6O2/c1-19-11-14-10(15-12(16-11)20-2)18-6-3-5-17(7-4-13)8-9-18/h3-9,13H2,1-2H3. The predicted molar refractivity (Wildman–Crippen MR) is 75.3 cm³/mol. The molecule has 1 aromatic heterocycles. The summed E-state index contributed by atoms with van der Waals surface area (Å²) in [6.45, 7) is 5.37. The van der Waals surface area contributed by atoms with Gasteiger partial charge in [-0.15, -0.1) is 4.98 Å². The molecule has 0 atom stereocenters. The highest BCUT2D eigenvalue weighted by molar-refractivity contribution is 5.32. The summed E-state index contributed by atoms with van der Waals surface area (Å²) in [6, 6.07) is 0.546. The van der Waals surface area contributed by atoms with Crippen LogP contribution in [0.1, 0.15) is 6.42 Å². The predicted octanol–water partition coefficient (Wildman–Crippen LogP) is -0.640. The first-order valence-electron chi connectivity index (χ1n) is 6.78. The van der Waals surface area contributed by atoms with E-state index in [4.69, 9.17) is 15.2 Å². The minimum Gasteiger partial charge on any atom is -0.467 e. The molecule has 8 nitrogen and oxygen atoms in total. The lowest BCUT2D eigenvalue weighted by Gasteiger charge is -2.21. The zero-order chi connectivity index (χ0) is 14.4. The van der Waals surface area contributed by atoms with E-state index >= 15 is 0 Å². The van der Waals surface area contributed by atoms with Crippen molar-refractivity contribution in [1.29, 1.82) is 0 Å². The quantitative estimate of drug-likeness (QED) is 0.763. The largest absolute Gasteiger partial charge is 0.467 e. The molecule has 1 fully saturated rings. The van der Waals surface area contributed by atoms with E-state index in [0.29, 0.717) is 12.5 Å². The zero-order valence-corrected chi connectivity index (χ0v) is 12.1. The lowest BCUT2D eigenvalue weighted by Crippen LogP contribution is -2.34. The van der Waals surface area contributed by atoms with E-state index in [-0.39, 0.29) is 12.0 Å². The number of hydrogen-bond acceptors (Lipinski definition) is 8. The fraction of sp³-hybridized carbons (Fsp3) is 0.750. The number of methoxy groups -OCH3 is 2. The summed E-state index contributed by atoms with van der Waals surface area (Å²) in [6.07, 6.45) is 1.05. The summed E-state index contributed by atoms with van der Waals surface area (Å²) in [5, 5.41) is 0. The van der Waals surface area contributed by atoms with Crippen LogP contribution in [-0.2, 0) is 0 Å². The molecule has 0 bridgehead atoms. The Hall–Kier alpha value is -1.67. The van der Waals surface area contributed by atoms with Crippen molar-refractivity contribution in [2.45, 2.75) is 6.42 Å². The van der Waals surface area contributed by atoms with Gasteiger partial charge < -0.3 is 25.0 Å². The highest BCUT2D eigenvalue weighted by Gasteiger charge is 2.18. The van der Waals surface area contributed by atoms with Crippen LogP contribution in [0.3, 0.4) is 0 Å². The van der Waals surface area contributed by atoms with Crippen LogP contribution in [-0.4, -0.2) is 73.3 Å². The Balaban J connectivity index is 2.10. The molecule has 0 amide bonds. The van der Waals surface area contributed by atoms with Crippen LogP contribution < -0.4 is 20.1 Å². The first-order chi connectivity index (χ1) is 9.76.